The van der Waals surface area contributed by atoms with E-state index in [1.54, 1.807) is 10.7 Å². The molecule has 0 atom stereocenters. The van der Waals surface area contributed by atoms with E-state index in [-0.39, 0.29) is 12.0 Å². The Morgan fingerprint density at radius 1 is 1.07 bits per heavy atom. The molecule has 1 N–H and O–H groups in total. The van der Waals surface area contributed by atoms with Gasteiger partial charge in [0.1, 0.15) is 0 Å². The fraction of sp³-hybridized carbons (Fsp3) is 0.273. The van der Waals surface area contributed by atoms with Gasteiger partial charge in [-0.25, -0.2) is 4.68 Å². The van der Waals surface area contributed by atoms with E-state index in [0.717, 1.165) is 22.5 Å². The Kier molecular flexibility index (Phi) is 6.04. The predicted octanol–water partition coefficient (Wildman–Crippen LogP) is 4.04. The number of hydrogen-bond donors (Lipinski definition) is 1. The van der Waals surface area contributed by atoms with E-state index in [0.29, 0.717) is 18.8 Å². The summed E-state index contributed by atoms with van der Waals surface area (Å²) in [6.45, 7) is 6.93. The minimum absolute atomic E-state index is 0.164. The Hall–Kier alpha value is -2.92. The van der Waals surface area contributed by atoms with Crippen molar-refractivity contribution in [3.8, 4) is 5.69 Å². The number of nitrogens with one attached hydrogen (secondary N) is 1. The molecule has 3 aromatic rings. The van der Waals surface area contributed by atoms with Crippen LogP contribution in [0.2, 0.25) is 0 Å². The summed E-state index contributed by atoms with van der Waals surface area (Å²) in [7, 11) is 0. The lowest BCUT2D eigenvalue weighted by Crippen LogP contribution is -2.24. The second kappa shape index (κ2) is 8.64. The Morgan fingerprint density at radius 3 is 2.44 bits per heavy atom. The lowest BCUT2D eigenvalue weighted by molar-refractivity contribution is 0.0651. The van der Waals surface area contributed by atoms with Crippen molar-refractivity contribution in [2.75, 3.05) is 0 Å². The molecule has 5 heteroatoms. The average molecular weight is 363 g/mol. The van der Waals surface area contributed by atoms with Crippen molar-refractivity contribution in [3.05, 3.63) is 83.2 Å². The lowest BCUT2D eigenvalue weighted by atomic mass is 10.1. The van der Waals surface area contributed by atoms with Gasteiger partial charge in [-0.3, -0.25) is 4.79 Å². The van der Waals surface area contributed by atoms with Gasteiger partial charge in [0, 0.05) is 12.2 Å². The molecule has 27 heavy (non-hydrogen) atoms. The molecule has 0 aliphatic heterocycles. The highest BCUT2D eigenvalue weighted by Gasteiger charge is 2.13. The normalized spacial score (nSPS) is 11.0. The molecular weight excluding hydrogens is 338 g/mol. The largest absolute Gasteiger partial charge is 0.374 e. The molecule has 1 amide bonds. The van der Waals surface area contributed by atoms with Crippen LogP contribution in [0.5, 0.6) is 0 Å². The number of carbonyl (C=O) groups is 1. The summed E-state index contributed by atoms with van der Waals surface area (Å²) in [6, 6.07) is 19.6. The Morgan fingerprint density at radius 2 is 1.74 bits per heavy atom. The second-order valence-electron chi connectivity index (χ2n) is 6.73. The van der Waals surface area contributed by atoms with E-state index < -0.39 is 0 Å². The molecule has 0 saturated heterocycles. The maximum absolute atomic E-state index is 12.6. The number of hydrogen-bond acceptors (Lipinski definition) is 3. The topological polar surface area (TPSA) is 56.1 Å². The first-order chi connectivity index (χ1) is 13.0. The minimum atomic E-state index is -0.188. The maximum atomic E-state index is 12.6. The van der Waals surface area contributed by atoms with Crippen molar-refractivity contribution < 1.29 is 9.53 Å². The first-order valence-corrected chi connectivity index (χ1v) is 9.13. The molecule has 5 nitrogen and oxygen atoms in total. The van der Waals surface area contributed by atoms with Crippen molar-refractivity contribution in [3.63, 3.8) is 0 Å². The fourth-order valence-electron chi connectivity index (χ4n) is 2.81. The fourth-order valence-corrected chi connectivity index (χ4v) is 2.81. The maximum Gasteiger partial charge on any atom is 0.272 e. The number of para-hydroxylation sites is 1. The first-order valence-electron chi connectivity index (χ1n) is 9.13. The number of carbonyl (C=O) groups excluding carboxylic acids is 1. The highest BCUT2D eigenvalue weighted by molar-refractivity contribution is 5.92. The van der Waals surface area contributed by atoms with Crippen LogP contribution in [-0.2, 0) is 17.9 Å². The van der Waals surface area contributed by atoms with E-state index in [9.17, 15) is 4.79 Å². The zero-order valence-corrected chi connectivity index (χ0v) is 16.0. The lowest BCUT2D eigenvalue weighted by Gasteiger charge is -2.12. The predicted molar refractivity (Wildman–Crippen MR) is 106 cm³/mol. The van der Waals surface area contributed by atoms with Crippen LogP contribution in [0.4, 0.5) is 0 Å². The molecule has 2 aromatic carbocycles. The second-order valence-corrected chi connectivity index (χ2v) is 6.73. The van der Waals surface area contributed by atoms with Crippen LogP contribution in [0.25, 0.3) is 5.69 Å². The van der Waals surface area contributed by atoms with E-state index in [4.69, 9.17) is 4.74 Å². The smallest absolute Gasteiger partial charge is 0.272 e. The summed E-state index contributed by atoms with van der Waals surface area (Å²) in [6.07, 6.45) is 0.164. The summed E-state index contributed by atoms with van der Waals surface area (Å²) in [4.78, 5) is 12.6. The van der Waals surface area contributed by atoms with E-state index >= 15 is 0 Å². The van der Waals surface area contributed by atoms with Crippen LogP contribution in [-0.4, -0.2) is 21.8 Å². The number of aromatic nitrogens is 2. The van der Waals surface area contributed by atoms with Crippen LogP contribution in [0.15, 0.2) is 60.7 Å². The average Bonchev–Trinajstić information content (AvgIpc) is 3.07. The van der Waals surface area contributed by atoms with Crippen molar-refractivity contribution in [1.29, 1.82) is 0 Å². The summed E-state index contributed by atoms with van der Waals surface area (Å²) < 4.78 is 7.48. The third-order valence-electron chi connectivity index (χ3n) is 4.25. The molecule has 0 aliphatic rings. The third-order valence-corrected chi connectivity index (χ3v) is 4.25. The number of amides is 1. The molecule has 1 aromatic heterocycles. The molecule has 140 valence electrons. The molecular formula is C22H25N3O2. The van der Waals surface area contributed by atoms with Crippen LogP contribution in [0.1, 0.15) is 41.2 Å². The van der Waals surface area contributed by atoms with Gasteiger partial charge >= 0.3 is 0 Å². The van der Waals surface area contributed by atoms with Crippen LogP contribution < -0.4 is 5.32 Å². The molecule has 0 spiro atoms. The van der Waals surface area contributed by atoms with E-state index in [1.165, 1.54) is 0 Å². The number of ether oxygens (including phenoxy) is 1. The molecule has 3 rings (SSSR count). The Bertz CT molecular complexity index is 901. The van der Waals surface area contributed by atoms with Crippen molar-refractivity contribution in [2.24, 2.45) is 0 Å². The number of rotatable bonds is 7. The van der Waals surface area contributed by atoms with Crippen molar-refractivity contribution >= 4 is 5.91 Å². The molecule has 0 radical (unpaired) electrons. The van der Waals surface area contributed by atoms with Crippen LogP contribution in [0.3, 0.4) is 0 Å². The van der Waals surface area contributed by atoms with Crippen LogP contribution >= 0.6 is 0 Å². The summed E-state index contributed by atoms with van der Waals surface area (Å²) in [5.74, 6) is -0.188. The van der Waals surface area contributed by atoms with E-state index in [1.807, 2.05) is 75.4 Å². The Labute approximate surface area is 160 Å². The van der Waals surface area contributed by atoms with Gasteiger partial charge in [0.25, 0.3) is 5.91 Å². The monoisotopic (exact) mass is 363 g/mol. The highest BCUT2D eigenvalue weighted by Crippen LogP contribution is 2.13. The van der Waals surface area contributed by atoms with Gasteiger partial charge in [-0.2, -0.15) is 5.10 Å². The van der Waals surface area contributed by atoms with Gasteiger partial charge < -0.3 is 10.1 Å². The molecule has 0 unspecified atom stereocenters. The molecule has 0 bridgehead atoms. The summed E-state index contributed by atoms with van der Waals surface area (Å²) in [5.41, 5.74) is 4.39. The van der Waals surface area contributed by atoms with Crippen molar-refractivity contribution in [2.45, 2.75) is 40.0 Å². The Balaban J connectivity index is 1.69. The van der Waals surface area contributed by atoms with Gasteiger partial charge in [0.05, 0.1) is 18.4 Å². The molecule has 0 fully saturated rings. The summed E-state index contributed by atoms with van der Waals surface area (Å²) >= 11 is 0. The molecule has 0 saturated carbocycles. The molecule has 0 aliphatic carbocycles. The summed E-state index contributed by atoms with van der Waals surface area (Å²) in [5, 5.41) is 7.42. The zero-order chi connectivity index (χ0) is 19.2. The molecule has 1 heterocycles. The van der Waals surface area contributed by atoms with E-state index in [2.05, 4.69) is 10.4 Å². The quantitative estimate of drug-likeness (QED) is 0.689. The van der Waals surface area contributed by atoms with Crippen molar-refractivity contribution in [1.82, 2.24) is 15.1 Å². The number of nitrogens with zero attached hydrogens (tertiary/aromatic N) is 2. The zero-order valence-electron chi connectivity index (χ0n) is 16.0. The third kappa shape index (κ3) is 4.83. The first kappa shape index (κ1) is 18.9. The number of benzene rings is 2. The minimum Gasteiger partial charge on any atom is -0.374 e. The van der Waals surface area contributed by atoms with Gasteiger partial charge in [-0.15, -0.1) is 0 Å². The standard InChI is InChI=1S/C22H25N3O2/c1-16(2)27-15-19-10-8-7-9-18(19)14-23-22(26)21-13-17(3)25(24-21)20-11-5-4-6-12-20/h4-13,16H,14-15H2,1-3H3,(H,23,26). The SMILES string of the molecule is Cc1cc(C(=O)NCc2ccccc2COC(C)C)nn1-c1ccccc1. The van der Waals surface area contributed by atoms with Gasteiger partial charge in [-0.1, -0.05) is 42.5 Å². The highest BCUT2D eigenvalue weighted by atomic mass is 16.5. The van der Waals surface area contributed by atoms with Crippen LogP contribution in [0, 0.1) is 6.92 Å². The van der Waals surface area contributed by atoms with Gasteiger partial charge in [0.15, 0.2) is 5.69 Å². The number of aryl methyl sites for hydroxylation is 1. The van der Waals surface area contributed by atoms with Gasteiger partial charge in [-0.05, 0) is 50.1 Å². The van der Waals surface area contributed by atoms with Gasteiger partial charge in [0.2, 0.25) is 0 Å².